The first-order valence-corrected chi connectivity index (χ1v) is 5.65. The van der Waals surface area contributed by atoms with Gasteiger partial charge in [0.1, 0.15) is 5.52 Å². The molecule has 0 bridgehead atoms. The summed E-state index contributed by atoms with van der Waals surface area (Å²) < 4.78 is 15.2. The zero-order chi connectivity index (χ0) is 11.4. The summed E-state index contributed by atoms with van der Waals surface area (Å²) in [5, 5.41) is 10.4. The first-order chi connectivity index (χ1) is 7.27. The van der Waals surface area contributed by atoms with Gasteiger partial charge in [-0.2, -0.15) is 0 Å². The molecule has 0 saturated heterocycles. The number of nitrogens with one attached hydrogen (secondary N) is 1. The highest BCUT2D eigenvalue weighted by molar-refractivity contribution is 9.09. The summed E-state index contributed by atoms with van der Waals surface area (Å²) in [5.41, 5.74) is 0.508. The third-order valence-electron chi connectivity index (χ3n) is 1.34. The molecule has 0 aromatic rings. The van der Waals surface area contributed by atoms with Crippen molar-refractivity contribution >= 4 is 22.0 Å². The average molecular weight is 286 g/mol. The first kappa shape index (κ1) is 14.6. The van der Waals surface area contributed by atoms with Gasteiger partial charge in [0.2, 0.25) is 0 Å². The van der Waals surface area contributed by atoms with E-state index >= 15 is 0 Å². The SMILES string of the molecule is O=C(O)NCCOCCOCCOCBr. The van der Waals surface area contributed by atoms with Crippen molar-refractivity contribution in [2.75, 3.05) is 45.1 Å². The van der Waals surface area contributed by atoms with Crippen molar-refractivity contribution in [2.24, 2.45) is 0 Å². The Labute approximate surface area is 97.0 Å². The number of hydrogen-bond acceptors (Lipinski definition) is 4. The fourth-order valence-electron chi connectivity index (χ4n) is 0.725. The Hall–Kier alpha value is -0.370. The molecule has 0 rings (SSSR count). The lowest BCUT2D eigenvalue weighted by Gasteiger charge is -2.05. The molecular weight excluding hydrogens is 270 g/mol. The predicted octanol–water partition coefficient (Wildman–Crippen LogP) is 0.656. The summed E-state index contributed by atoms with van der Waals surface area (Å²) in [6, 6.07) is 0. The molecular formula is C8H16BrNO5. The van der Waals surface area contributed by atoms with Gasteiger partial charge in [0, 0.05) is 6.54 Å². The number of ether oxygens (including phenoxy) is 3. The van der Waals surface area contributed by atoms with Gasteiger partial charge >= 0.3 is 6.09 Å². The highest BCUT2D eigenvalue weighted by Gasteiger charge is 1.93. The van der Waals surface area contributed by atoms with E-state index in [9.17, 15) is 4.79 Å². The monoisotopic (exact) mass is 285 g/mol. The molecule has 0 spiro atoms. The molecule has 2 N–H and O–H groups in total. The van der Waals surface area contributed by atoms with Crippen molar-refractivity contribution in [3.05, 3.63) is 0 Å². The van der Waals surface area contributed by atoms with Crippen LogP contribution in [0.4, 0.5) is 4.79 Å². The lowest BCUT2D eigenvalue weighted by molar-refractivity contribution is 0.0239. The molecule has 0 atom stereocenters. The maximum Gasteiger partial charge on any atom is 0.404 e. The van der Waals surface area contributed by atoms with E-state index in [-0.39, 0.29) is 0 Å². The van der Waals surface area contributed by atoms with Gasteiger partial charge in [-0.25, -0.2) is 4.79 Å². The molecule has 0 aliphatic rings. The van der Waals surface area contributed by atoms with Crippen molar-refractivity contribution in [1.82, 2.24) is 5.32 Å². The Kier molecular flexibility index (Phi) is 11.4. The zero-order valence-corrected chi connectivity index (χ0v) is 9.99. The van der Waals surface area contributed by atoms with E-state index in [0.29, 0.717) is 45.1 Å². The van der Waals surface area contributed by atoms with Gasteiger partial charge in [-0.3, -0.25) is 0 Å². The fraction of sp³-hybridized carbons (Fsp3) is 0.875. The highest BCUT2D eigenvalue weighted by Crippen LogP contribution is 1.84. The van der Waals surface area contributed by atoms with Crippen LogP contribution in [0.2, 0.25) is 0 Å². The third kappa shape index (κ3) is 13.6. The first-order valence-electron chi connectivity index (χ1n) is 4.53. The van der Waals surface area contributed by atoms with E-state index < -0.39 is 6.09 Å². The number of halogens is 1. The smallest absolute Gasteiger partial charge is 0.404 e. The number of amides is 1. The molecule has 7 heteroatoms. The van der Waals surface area contributed by atoms with Crippen LogP contribution in [0.5, 0.6) is 0 Å². The average Bonchev–Trinajstić information content (AvgIpc) is 2.20. The quantitative estimate of drug-likeness (QED) is 0.455. The van der Waals surface area contributed by atoms with Gasteiger partial charge in [0.25, 0.3) is 0 Å². The molecule has 0 aliphatic heterocycles. The van der Waals surface area contributed by atoms with Crippen molar-refractivity contribution in [1.29, 1.82) is 0 Å². The standard InChI is InChI=1S/C8H16BrNO5/c9-7-15-6-5-14-4-3-13-2-1-10-8(11)12/h10H,1-7H2,(H,11,12). The molecule has 6 nitrogen and oxygen atoms in total. The molecule has 0 unspecified atom stereocenters. The number of alkyl halides is 1. The molecule has 0 heterocycles. The molecule has 0 aromatic carbocycles. The van der Waals surface area contributed by atoms with Gasteiger partial charge in [-0.05, 0) is 0 Å². The summed E-state index contributed by atoms with van der Waals surface area (Å²) in [4.78, 5) is 10.0. The fourth-order valence-corrected chi connectivity index (χ4v) is 0.953. The maximum absolute atomic E-state index is 10.0. The van der Waals surface area contributed by atoms with Gasteiger partial charge < -0.3 is 24.6 Å². The van der Waals surface area contributed by atoms with E-state index in [1.54, 1.807) is 0 Å². The summed E-state index contributed by atoms with van der Waals surface area (Å²) in [5.74, 6) is 0. The topological polar surface area (TPSA) is 77.0 Å². The van der Waals surface area contributed by atoms with E-state index in [1.165, 1.54) is 0 Å². The molecule has 15 heavy (non-hydrogen) atoms. The van der Waals surface area contributed by atoms with Gasteiger partial charge in [-0.15, -0.1) is 0 Å². The van der Waals surface area contributed by atoms with Crippen LogP contribution >= 0.6 is 15.9 Å². The third-order valence-corrected chi connectivity index (χ3v) is 1.67. The Morgan fingerprint density at radius 3 is 2.13 bits per heavy atom. The lowest BCUT2D eigenvalue weighted by atomic mass is 10.6. The van der Waals surface area contributed by atoms with Gasteiger partial charge in [0.15, 0.2) is 0 Å². The normalized spacial score (nSPS) is 10.2. The van der Waals surface area contributed by atoms with Gasteiger partial charge in [0.05, 0.1) is 33.0 Å². The van der Waals surface area contributed by atoms with E-state index in [1.807, 2.05) is 0 Å². The van der Waals surface area contributed by atoms with Crippen LogP contribution in [0, 0.1) is 0 Å². The van der Waals surface area contributed by atoms with Crippen LogP contribution in [0.1, 0.15) is 0 Å². The molecule has 0 radical (unpaired) electrons. The van der Waals surface area contributed by atoms with Crippen molar-refractivity contribution in [3.8, 4) is 0 Å². The van der Waals surface area contributed by atoms with Crippen LogP contribution < -0.4 is 5.32 Å². The van der Waals surface area contributed by atoms with Gasteiger partial charge in [-0.1, -0.05) is 15.9 Å². The Morgan fingerprint density at radius 2 is 1.60 bits per heavy atom. The Morgan fingerprint density at radius 1 is 1.07 bits per heavy atom. The second-order valence-corrected chi connectivity index (χ2v) is 2.93. The second kappa shape index (κ2) is 11.7. The Balaban J connectivity index is 2.89. The van der Waals surface area contributed by atoms with Crippen LogP contribution in [0.3, 0.4) is 0 Å². The number of carbonyl (C=O) groups is 1. The maximum atomic E-state index is 10.0. The summed E-state index contributed by atoms with van der Waals surface area (Å²) in [6.07, 6.45) is -1.04. The Bertz CT molecular complexity index is 158. The minimum Gasteiger partial charge on any atom is -0.465 e. The molecule has 0 aromatic heterocycles. The minimum absolute atomic E-state index is 0.294. The summed E-state index contributed by atoms with van der Waals surface area (Å²) in [6.45, 7) is 2.66. The largest absolute Gasteiger partial charge is 0.465 e. The van der Waals surface area contributed by atoms with E-state index in [2.05, 4.69) is 21.2 Å². The zero-order valence-electron chi connectivity index (χ0n) is 8.41. The lowest BCUT2D eigenvalue weighted by Crippen LogP contribution is -2.25. The number of carboxylic acid groups (broad SMARTS) is 1. The summed E-state index contributed by atoms with van der Waals surface area (Å²) >= 11 is 3.11. The highest BCUT2D eigenvalue weighted by atomic mass is 79.9. The molecule has 1 amide bonds. The van der Waals surface area contributed by atoms with Crippen LogP contribution in [0.25, 0.3) is 0 Å². The predicted molar refractivity (Wildman–Crippen MR) is 57.4 cm³/mol. The molecule has 0 aliphatic carbocycles. The summed E-state index contributed by atoms with van der Waals surface area (Å²) in [7, 11) is 0. The minimum atomic E-state index is -1.04. The molecule has 90 valence electrons. The van der Waals surface area contributed by atoms with Crippen LogP contribution in [0.15, 0.2) is 0 Å². The van der Waals surface area contributed by atoms with E-state index in [4.69, 9.17) is 19.3 Å². The second-order valence-electron chi connectivity index (χ2n) is 2.47. The van der Waals surface area contributed by atoms with Crippen LogP contribution in [-0.4, -0.2) is 56.3 Å². The molecule has 0 fully saturated rings. The molecule has 0 saturated carbocycles. The van der Waals surface area contributed by atoms with Crippen molar-refractivity contribution in [2.45, 2.75) is 0 Å². The van der Waals surface area contributed by atoms with Crippen molar-refractivity contribution in [3.63, 3.8) is 0 Å². The van der Waals surface area contributed by atoms with Crippen molar-refractivity contribution < 1.29 is 24.1 Å². The number of hydrogen-bond donors (Lipinski definition) is 2. The number of rotatable bonds is 10. The van der Waals surface area contributed by atoms with Crippen LogP contribution in [-0.2, 0) is 14.2 Å². The van der Waals surface area contributed by atoms with E-state index in [0.717, 1.165) is 0 Å².